The van der Waals surface area contributed by atoms with Crippen LogP contribution in [0.25, 0.3) is 0 Å². The van der Waals surface area contributed by atoms with Gasteiger partial charge in [0.1, 0.15) is 0 Å². The first kappa shape index (κ1) is 18.4. The molecule has 2 aromatic rings. The number of aryl methyl sites for hydroxylation is 2. The first-order valence-electron chi connectivity index (χ1n) is 9.43. The van der Waals surface area contributed by atoms with Crippen molar-refractivity contribution in [1.82, 2.24) is 14.9 Å². The Kier molecular flexibility index (Phi) is 5.86. The number of nitrogens with one attached hydrogen (secondary N) is 1. The molecule has 1 amide bonds. The van der Waals surface area contributed by atoms with E-state index in [-0.39, 0.29) is 11.6 Å². The highest BCUT2D eigenvalue weighted by Crippen LogP contribution is 2.28. The highest BCUT2D eigenvalue weighted by atomic mass is 16.2. The molecule has 1 fully saturated rings. The molecule has 0 radical (unpaired) electrons. The monoisotopic (exact) mass is 353 g/mol. The van der Waals surface area contributed by atoms with Crippen molar-refractivity contribution in [1.29, 1.82) is 0 Å². The molecule has 1 N–H and O–H groups in total. The molecular formula is C21H27N3O2. The van der Waals surface area contributed by atoms with Crippen molar-refractivity contribution in [2.45, 2.75) is 51.9 Å². The van der Waals surface area contributed by atoms with Gasteiger partial charge >= 0.3 is 5.69 Å². The zero-order chi connectivity index (χ0) is 18.5. The van der Waals surface area contributed by atoms with Gasteiger partial charge in [-0.1, -0.05) is 30.3 Å². The first-order valence-corrected chi connectivity index (χ1v) is 9.43. The van der Waals surface area contributed by atoms with E-state index in [1.807, 2.05) is 24.8 Å². The minimum atomic E-state index is -0.324. The summed E-state index contributed by atoms with van der Waals surface area (Å²) < 4.78 is 0. The molecule has 3 rings (SSSR count). The normalized spacial score (nSPS) is 17.8. The van der Waals surface area contributed by atoms with Crippen LogP contribution in [0.3, 0.4) is 0 Å². The summed E-state index contributed by atoms with van der Waals surface area (Å²) >= 11 is 0. The van der Waals surface area contributed by atoms with Crippen molar-refractivity contribution in [3.05, 3.63) is 63.3 Å². The van der Waals surface area contributed by atoms with Gasteiger partial charge in [-0.15, -0.1) is 0 Å². The molecule has 138 valence electrons. The van der Waals surface area contributed by atoms with E-state index in [1.165, 1.54) is 5.56 Å². The Morgan fingerprint density at radius 3 is 2.69 bits per heavy atom. The van der Waals surface area contributed by atoms with Gasteiger partial charge in [0.15, 0.2) is 0 Å². The third-order valence-electron chi connectivity index (χ3n) is 5.39. The summed E-state index contributed by atoms with van der Waals surface area (Å²) in [5.74, 6) is 0.741. The number of nitrogens with zero attached hydrogens (tertiary/aromatic N) is 2. The molecule has 1 aromatic carbocycles. The van der Waals surface area contributed by atoms with Gasteiger partial charge in [0, 0.05) is 30.9 Å². The number of hydrogen-bond donors (Lipinski definition) is 1. The van der Waals surface area contributed by atoms with Gasteiger partial charge in [-0.05, 0) is 56.6 Å². The third-order valence-corrected chi connectivity index (χ3v) is 5.39. The fourth-order valence-corrected chi connectivity index (χ4v) is 3.92. The lowest BCUT2D eigenvalue weighted by Gasteiger charge is -2.21. The van der Waals surface area contributed by atoms with Crippen molar-refractivity contribution in [3.63, 3.8) is 0 Å². The van der Waals surface area contributed by atoms with E-state index in [4.69, 9.17) is 0 Å². The topological polar surface area (TPSA) is 66.1 Å². The van der Waals surface area contributed by atoms with Gasteiger partial charge in [0.05, 0.1) is 0 Å². The second kappa shape index (κ2) is 8.30. The standard InChI is InChI=1S/C21H27N3O2/c1-15-19(16(2)23-21(26)22-15)10-11-20(25)24-13-6-9-18(12-14-24)17-7-4-3-5-8-17/h3-5,7-8,18H,6,9-14H2,1-2H3,(H,22,23,26). The molecule has 1 aliphatic heterocycles. The molecule has 26 heavy (non-hydrogen) atoms. The zero-order valence-corrected chi connectivity index (χ0v) is 15.6. The molecule has 2 heterocycles. The molecule has 5 heteroatoms. The molecule has 0 bridgehead atoms. The minimum absolute atomic E-state index is 0.198. The number of amides is 1. The summed E-state index contributed by atoms with van der Waals surface area (Å²) in [5, 5.41) is 0. The number of benzene rings is 1. The van der Waals surface area contributed by atoms with Gasteiger partial charge in [0.25, 0.3) is 0 Å². The lowest BCUT2D eigenvalue weighted by atomic mass is 9.92. The molecule has 1 saturated heterocycles. The van der Waals surface area contributed by atoms with Crippen LogP contribution in [0.5, 0.6) is 0 Å². The summed E-state index contributed by atoms with van der Waals surface area (Å²) in [6.45, 7) is 5.36. The number of aromatic nitrogens is 2. The van der Waals surface area contributed by atoms with E-state index < -0.39 is 0 Å². The first-order chi connectivity index (χ1) is 12.5. The van der Waals surface area contributed by atoms with Gasteiger partial charge in [-0.25, -0.2) is 4.79 Å². The predicted molar refractivity (Wildman–Crippen MR) is 102 cm³/mol. The van der Waals surface area contributed by atoms with Crippen LogP contribution < -0.4 is 5.69 Å². The molecule has 1 atom stereocenters. The maximum Gasteiger partial charge on any atom is 0.345 e. The molecule has 0 saturated carbocycles. The van der Waals surface area contributed by atoms with Crippen LogP contribution in [-0.2, 0) is 11.2 Å². The van der Waals surface area contributed by atoms with E-state index in [1.54, 1.807) is 0 Å². The van der Waals surface area contributed by atoms with E-state index in [9.17, 15) is 9.59 Å². The van der Waals surface area contributed by atoms with E-state index in [0.717, 1.165) is 49.3 Å². The van der Waals surface area contributed by atoms with E-state index >= 15 is 0 Å². The Hall–Kier alpha value is -2.43. The largest absolute Gasteiger partial charge is 0.345 e. The molecule has 0 spiro atoms. The van der Waals surface area contributed by atoms with Crippen molar-refractivity contribution < 1.29 is 4.79 Å². The summed E-state index contributed by atoms with van der Waals surface area (Å²) in [7, 11) is 0. The molecule has 1 aliphatic rings. The summed E-state index contributed by atoms with van der Waals surface area (Å²) in [4.78, 5) is 32.8. The van der Waals surface area contributed by atoms with E-state index in [0.29, 0.717) is 18.8 Å². The summed E-state index contributed by atoms with van der Waals surface area (Å²) in [6, 6.07) is 10.6. The maximum atomic E-state index is 12.7. The molecule has 5 nitrogen and oxygen atoms in total. The van der Waals surface area contributed by atoms with Crippen LogP contribution in [0.1, 0.15) is 54.1 Å². The Morgan fingerprint density at radius 1 is 1.19 bits per heavy atom. The van der Waals surface area contributed by atoms with Gasteiger partial charge in [0.2, 0.25) is 5.91 Å². The number of rotatable bonds is 4. The lowest BCUT2D eigenvalue weighted by Crippen LogP contribution is -2.32. The average molecular weight is 353 g/mol. The van der Waals surface area contributed by atoms with Gasteiger partial charge in [-0.3, -0.25) is 4.79 Å². The fraction of sp³-hybridized carbons (Fsp3) is 0.476. The van der Waals surface area contributed by atoms with Crippen LogP contribution in [0.15, 0.2) is 35.1 Å². The Balaban J connectivity index is 1.58. The lowest BCUT2D eigenvalue weighted by molar-refractivity contribution is -0.131. The van der Waals surface area contributed by atoms with Gasteiger partial charge < -0.3 is 9.88 Å². The number of aromatic amines is 1. The number of hydrogen-bond acceptors (Lipinski definition) is 3. The van der Waals surface area contributed by atoms with Crippen molar-refractivity contribution in [3.8, 4) is 0 Å². The smallest absolute Gasteiger partial charge is 0.343 e. The van der Waals surface area contributed by atoms with Crippen molar-refractivity contribution in [2.75, 3.05) is 13.1 Å². The second-order valence-electron chi connectivity index (χ2n) is 7.15. The number of likely N-dealkylation sites (tertiary alicyclic amines) is 1. The van der Waals surface area contributed by atoms with Crippen molar-refractivity contribution in [2.24, 2.45) is 0 Å². The maximum absolute atomic E-state index is 12.7. The molecule has 1 aromatic heterocycles. The quantitative estimate of drug-likeness (QED) is 0.918. The van der Waals surface area contributed by atoms with Crippen LogP contribution >= 0.6 is 0 Å². The highest BCUT2D eigenvalue weighted by Gasteiger charge is 2.21. The summed E-state index contributed by atoms with van der Waals surface area (Å²) in [6.07, 6.45) is 4.29. The Bertz CT molecular complexity index is 788. The van der Waals surface area contributed by atoms with Crippen molar-refractivity contribution >= 4 is 5.91 Å². The van der Waals surface area contributed by atoms with Crippen LogP contribution in [0.2, 0.25) is 0 Å². The predicted octanol–water partition coefficient (Wildman–Crippen LogP) is 3.12. The van der Waals surface area contributed by atoms with Crippen LogP contribution in [0.4, 0.5) is 0 Å². The highest BCUT2D eigenvalue weighted by molar-refractivity contribution is 5.76. The number of carbonyl (C=O) groups is 1. The van der Waals surface area contributed by atoms with E-state index in [2.05, 4.69) is 34.2 Å². The minimum Gasteiger partial charge on any atom is -0.343 e. The zero-order valence-electron chi connectivity index (χ0n) is 15.6. The van der Waals surface area contributed by atoms with Crippen LogP contribution in [0, 0.1) is 13.8 Å². The Morgan fingerprint density at radius 2 is 1.96 bits per heavy atom. The number of H-pyrrole nitrogens is 1. The summed E-state index contributed by atoms with van der Waals surface area (Å²) in [5.41, 5.74) is 3.58. The molecule has 1 unspecified atom stereocenters. The third kappa shape index (κ3) is 4.40. The van der Waals surface area contributed by atoms with Gasteiger partial charge in [-0.2, -0.15) is 4.98 Å². The Labute approximate surface area is 154 Å². The molecular weight excluding hydrogens is 326 g/mol. The average Bonchev–Trinajstić information content (AvgIpc) is 2.87. The second-order valence-corrected chi connectivity index (χ2v) is 7.15. The SMILES string of the molecule is Cc1nc(=O)[nH]c(C)c1CCC(=O)N1CCCC(c2ccccc2)CC1. The molecule has 0 aliphatic carbocycles. The van der Waals surface area contributed by atoms with Crippen LogP contribution in [-0.4, -0.2) is 33.9 Å². The fourth-order valence-electron chi connectivity index (χ4n) is 3.92. The number of carbonyl (C=O) groups excluding carboxylic acids is 1.